The molecule has 13 heteroatoms. The molecule has 1 aromatic carbocycles. The minimum absolute atomic E-state index is 0.106. The third kappa shape index (κ3) is 5.63. The number of fused-ring (bicyclic) bond motifs is 1. The summed E-state index contributed by atoms with van der Waals surface area (Å²) in [4.78, 5) is 21.0. The molecule has 2 heterocycles. The molecule has 2 aromatic heterocycles. The van der Waals surface area contributed by atoms with Crippen molar-refractivity contribution in [1.82, 2.24) is 14.5 Å². The molecule has 3 rings (SSSR count). The molecule has 34 heavy (non-hydrogen) atoms. The number of halogens is 4. The van der Waals surface area contributed by atoms with Crippen LogP contribution in [0.3, 0.4) is 0 Å². The second-order valence-corrected chi connectivity index (χ2v) is 10.6. The standard InChI is InChI=1S/C21H18F4N4O2S3/c1-20(2,31)8-6-12-17(25)14(7-9-26-12)28(10-15(23)24)18-16-11(22)4-3-5-13(16)29(19(30)27-18)21(32,33)34/h3-5,7,9,15,31-34H,10H2,1-2H3. The highest BCUT2D eigenvalue weighted by Gasteiger charge is 2.29. The number of rotatable bonds is 5. The first kappa shape index (κ1) is 26.2. The quantitative estimate of drug-likeness (QED) is 0.174. The van der Waals surface area contributed by atoms with E-state index in [4.69, 9.17) is 0 Å². The number of hydrogen-bond donors (Lipinski definition) is 4. The second kappa shape index (κ2) is 9.69. The highest BCUT2D eigenvalue weighted by atomic mass is 32.2. The summed E-state index contributed by atoms with van der Waals surface area (Å²) in [7, 11) is 0. The van der Waals surface area contributed by atoms with Gasteiger partial charge in [-0.1, -0.05) is 12.0 Å². The van der Waals surface area contributed by atoms with Crippen LogP contribution in [0.1, 0.15) is 19.5 Å². The molecule has 0 saturated carbocycles. The smallest absolute Gasteiger partial charge is 0.352 e. The zero-order valence-electron chi connectivity index (χ0n) is 17.7. The first-order chi connectivity index (χ1) is 15.7. The van der Waals surface area contributed by atoms with Crippen molar-refractivity contribution in [3.63, 3.8) is 0 Å². The van der Waals surface area contributed by atoms with Gasteiger partial charge in [-0.15, -0.1) is 37.9 Å². The Hall–Kier alpha value is -2.40. The van der Waals surface area contributed by atoms with E-state index >= 15 is 4.39 Å². The minimum Gasteiger partial charge on any atom is -0.378 e. The Morgan fingerprint density at radius 2 is 1.88 bits per heavy atom. The number of anilines is 2. The van der Waals surface area contributed by atoms with Crippen molar-refractivity contribution in [2.45, 2.75) is 29.4 Å². The van der Waals surface area contributed by atoms with Gasteiger partial charge in [0.25, 0.3) is 6.43 Å². The third-order valence-electron chi connectivity index (χ3n) is 4.37. The summed E-state index contributed by atoms with van der Waals surface area (Å²) < 4.78 is 56.6. The summed E-state index contributed by atoms with van der Waals surface area (Å²) in [6.07, 6.45) is -1.92. The molecule has 0 atom stereocenters. The molecule has 0 radical (unpaired) electrons. The van der Waals surface area contributed by atoms with E-state index in [-0.39, 0.29) is 10.9 Å². The largest absolute Gasteiger partial charge is 0.378 e. The van der Waals surface area contributed by atoms with Gasteiger partial charge in [0, 0.05) is 6.20 Å². The van der Waals surface area contributed by atoms with Crippen LogP contribution >= 0.6 is 37.9 Å². The molecule has 0 aliphatic heterocycles. The first-order valence-electron chi connectivity index (χ1n) is 9.55. The van der Waals surface area contributed by atoms with Gasteiger partial charge in [-0.2, -0.15) is 4.98 Å². The van der Waals surface area contributed by atoms with Crippen LogP contribution in [-0.2, 0) is 3.54 Å². The number of aliphatic hydroxyl groups is 1. The lowest BCUT2D eigenvalue weighted by Gasteiger charge is -2.28. The van der Waals surface area contributed by atoms with Crippen molar-refractivity contribution in [3.05, 3.63) is 58.3 Å². The maximum Gasteiger partial charge on any atom is 0.352 e. The van der Waals surface area contributed by atoms with E-state index in [0.29, 0.717) is 4.90 Å². The molecular formula is C21H18F4N4O2S3. The topological polar surface area (TPSA) is 71.2 Å². The number of alkyl halides is 2. The molecule has 3 aromatic rings. The Morgan fingerprint density at radius 1 is 1.21 bits per heavy atom. The van der Waals surface area contributed by atoms with Gasteiger partial charge in [0.15, 0.2) is 20.9 Å². The third-order valence-corrected chi connectivity index (χ3v) is 4.97. The van der Waals surface area contributed by atoms with Crippen LogP contribution in [0.25, 0.3) is 10.9 Å². The predicted molar refractivity (Wildman–Crippen MR) is 131 cm³/mol. The van der Waals surface area contributed by atoms with Crippen LogP contribution in [0.2, 0.25) is 0 Å². The van der Waals surface area contributed by atoms with Crippen molar-refractivity contribution in [1.29, 1.82) is 0 Å². The van der Waals surface area contributed by atoms with Crippen LogP contribution in [0.15, 0.2) is 35.3 Å². The van der Waals surface area contributed by atoms with Crippen LogP contribution < -0.4 is 10.6 Å². The van der Waals surface area contributed by atoms with Gasteiger partial charge in [-0.25, -0.2) is 27.3 Å². The van der Waals surface area contributed by atoms with Crippen molar-refractivity contribution in [2.75, 3.05) is 11.4 Å². The monoisotopic (exact) mass is 530 g/mol. The Bertz CT molecular complexity index is 1360. The molecule has 0 saturated heterocycles. The minimum atomic E-state index is -3.02. The van der Waals surface area contributed by atoms with Crippen molar-refractivity contribution in [2.24, 2.45) is 0 Å². The number of nitrogens with zero attached hydrogens (tertiary/aromatic N) is 4. The Morgan fingerprint density at radius 3 is 2.47 bits per heavy atom. The molecule has 0 unspecified atom stereocenters. The fraction of sp³-hybridized carbons (Fsp3) is 0.286. The summed E-state index contributed by atoms with van der Waals surface area (Å²) in [6.45, 7) is 1.60. The SMILES string of the molecule is CC(C)(O)C#Cc1nccc(N(CC(F)F)c2nc(=O)n(C(S)(S)S)c3cccc(F)c23)c1F. The van der Waals surface area contributed by atoms with E-state index in [1.807, 2.05) is 0 Å². The summed E-state index contributed by atoms with van der Waals surface area (Å²) in [6, 6.07) is 4.70. The number of benzene rings is 1. The van der Waals surface area contributed by atoms with Gasteiger partial charge in [0.05, 0.1) is 23.1 Å². The van der Waals surface area contributed by atoms with E-state index in [1.165, 1.54) is 26.0 Å². The van der Waals surface area contributed by atoms with Gasteiger partial charge in [0.2, 0.25) is 0 Å². The van der Waals surface area contributed by atoms with Crippen molar-refractivity contribution in [3.8, 4) is 11.8 Å². The van der Waals surface area contributed by atoms with Gasteiger partial charge < -0.3 is 10.0 Å². The molecule has 0 amide bonds. The van der Waals surface area contributed by atoms with Crippen LogP contribution in [0.4, 0.5) is 29.1 Å². The maximum absolute atomic E-state index is 15.3. The second-order valence-electron chi connectivity index (χ2n) is 7.59. The number of pyridine rings is 1. The molecule has 6 nitrogen and oxygen atoms in total. The summed E-state index contributed by atoms with van der Waals surface area (Å²) in [5.41, 5.74) is -3.54. The van der Waals surface area contributed by atoms with Crippen molar-refractivity contribution < 1.29 is 22.7 Å². The molecular weight excluding hydrogens is 512 g/mol. The molecule has 180 valence electrons. The number of thiol groups is 3. The van der Waals surface area contributed by atoms with E-state index in [2.05, 4.69) is 59.7 Å². The Kier molecular flexibility index (Phi) is 7.47. The Balaban J connectivity index is 2.37. The van der Waals surface area contributed by atoms with Gasteiger partial charge in [-0.05, 0) is 38.0 Å². The number of aromatic nitrogens is 3. The lowest BCUT2D eigenvalue weighted by Crippen LogP contribution is -2.35. The highest BCUT2D eigenvalue weighted by Crippen LogP contribution is 2.37. The molecule has 1 N–H and O–H groups in total. The van der Waals surface area contributed by atoms with E-state index in [1.54, 1.807) is 0 Å². The van der Waals surface area contributed by atoms with Crippen molar-refractivity contribution >= 4 is 60.3 Å². The lowest BCUT2D eigenvalue weighted by molar-refractivity contribution is 0.143. The summed E-state index contributed by atoms with van der Waals surface area (Å²) >= 11 is 12.3. The fourth-order valence-corrected chi connectivity index (χ4v) is 3.66. The maximum atomic E-state index is 15.3. The molecule has 0 aliphatic carbocycles. The lowest BCUT2D eigenvalue weighted by atomic mass is 10.1. The molecule has 0 fully saturated rings. The molecule has 0 bridgehead atoms. The van der Waals surface area contributed by atoms with Gasteiger partial charge in [0.1, 0.15) is 11.4 Å². The predicted octanol–water partition coefficient (Wildman–Crippen LogP) is 3.95. The Labute approximate surface area is 208 Å². The van der Waals surface area contributed by atoms with Gasteiger partial charge in [-0.3, -0.25) is 4.57 Å². The average Bonchev–Trinajstić information content (AvgIpc) is 2.69. The summed E-state index contributed by atoms with van der Waals surface area (Å²) in [5.74, 6) is 2.14. The zero-order chi connectivity index (χ0) is 25.4. The van der Waals surface area contributed by atoms with Crippen LogP contribution in [0.5, 0.6) is 0 Å². The highest BCUT2D eigenvalue weighted by molar-refractivity contribution is 8.15. The van der Waals surface area contributed by atoms with Gasteiger partial charge >= 0.3 is 5.69 Å². The van der Waals surface area contributed by atoms with Crippen LogP contribution in [0, 0.1) is 23.5 Å². The summed E-state index contributed by atoms with van der Waals surface area (Å²) in [5, 5.41) is 9.42. The van der Waals surface area contributed by atoms with Crippen LogP contribution in [-0.4, -0.2) is 38.2 Å². The molecule has 0 spiro atoms. The van der Waals surface area contributed by atoms with E-state index < -0.39 is 56.6 Å². The van der Waals surface area contributed by atoms with E-state index in [0.717, 1.165) is 22.9 Å². The normalized spacial score (nSPS) is 12.1. The van der Waals surface area contributed by atoms with E-state index in [9.17, 15) is 23.1 Å². The number of hydrogen-bond acceptors (Lipinski definition) is 8. The fourth-order valence-electron chi connectivity index (χ4n) is 3.08. The zero-order valence-corrected chi connectivity index (χ0v) is 20.4. The molecule has 0 aliphatic rings. The first-order valence-corrected chi connectivity index (χ1v) is 10.9. The average molecular weight is 531 g/mol.